The van der Waals surface area contributed by atoms with E-state index in [4.69, 9.17) is 4.74 Å². The molecule has 1 aliphatic rings. The SMILES string of the molecule is CCOc1ccccc1-c1ccc(-c2nc3ccc(F)cc3c(NC3(C(=O)O)CC3)c2C#N)c(F)c1. The number of carbonyl (C=O) groups is 1. The number of carboxylic acid groups (broad SMARTS) is 1. The summed E-state index contributed by atoms with van der Waals surface area (Å²) in [5.74, 6) is -1.63. The van der Waals surface area contributed by atoms with Crippen LogP contribution in [0.2, 0.25) is 0 Å². The highest BCUT2D eigenvalue weighted by molar-refractivity contribution is 6.00. The molecule has 1 aliphatic carbocycles. The number of fused-ring (bicyclic) bond motifs is 1. The molecule has 1 heterocycles. The molecule has 0 unspecified atom stereocenters. The van der Waals surface area contributed by atoms with Crippen LogP contribution in [0.4, 0.5) is 14.5 Å². The minimum absolute atomic E-state index is 0.0439. The molecule has 0 bridgehead atoms. The summed E-state index contributed by atoms with van der Waals surface area (Å²) in [6.07, 6.45) is 0.702. The van der Waals surface area contributed by atoms with E-state index in [2.05, 4.69) is 10.3 Å². The number of nitriles is 1. The minimum Gasteiger partial charge on any atom is -0.493 e. The van der Waals surface area contributed by atoms with Gasteiger partial charge in [-0.3, -0.25) is 0 Å². The zero-order valence-electron chi connectivity index (χ0n) is 19.3. The van der Waals surface area contributed by atoms with Crippen LogP contribution in [-0.2, 0) is 4.79 Å². The third-order valence-corrected chi connectivity index (χ3v) is 6.30. The predicted octanol–water partition coefficient (Wildman–Crippen LogP) is 6.15. The predicted molar refractivity (Wildman–Crippen MR) is 132 cm³/mol. The molecule has 0 amide bonds. The molecule has 0 atom stereocenters. The number of aromatic nitrogens is 1. The average molecular weight is 485 g/mol. The molecule has 8 heteroatoms. The molecule has 0 aliphatic heterocycles. The number of halogens is 2. The fraction of sp³-hybridized carbons (Fsp3) is 0.179. The summed E-state index contributed by atoms with van der Waals surface area (Å²) in [4.78, 5) is 16.3. The first-order chi connectivity index (χ1) is 17.4. The Morgan fingerprint density at radius 3 is 2.58 bits per heavy atom. The summed E-state index contributed by atoms with van der Waals surface area (Å²) >= 11 is 0. The lowest BCUT2D eigenvalue weighted by atomic mass is 9.97. The van der Waals surface area contributed by atoms with Gasteiger partial charge in [0.1, 0.15) is 34.6 Å². The Balaban J connectivity index is 1.68. The fourth-order valence-electron chi connectivity index (χ4n) is 4.29. The van der Waals surface area contributed by atoms with Gasteiger partial charge < -0.3 is 15.2 Å². The Morgan fingerprint density at radius 1 is 1.14 bits per heavy atom. The van der Waals surface area contributed by atoms with Crippen LogP contribution in [0.1, 0.15) is 25.3 Å². The Labute approximate surface area is 205 Å². The number of para-hydroxylation sites is 1. The van der Waals surface area contributed by atoms with Gasteiger partial charge in [0.05, 0.1) is 23.5 Å². The number of hydrogen-bond acceptors (Lipinski definition) is 5. The van der Waals surface area contributed by atoms with Crippen LogP contribution in [0.5, 0.6) is 5.75 Å². The molecule has 0 spiro atoms. The van der Waals surface area contributed by atoms with E-state index >= 15 is 4.39 Å². The van der Waals surface area contributed by atoms with E-state index < -0.39 is 23.1 Å². The van der Waals surface area contributed by atoms with Crippen LogP contribution in [0, 0.1) is 23.0 Å². The number of nitrogens with zero attached hydrogens (tertiary/aromatic N) is 2. The van der Waals surface area contributed by atoms with Gasteiger partial charge in [0.25, 0.3) is 0 Å². The highest BCUT2D eigenvalue weighted by Crippen LogP contribution is 2.44. The first-order valence-corrected chi connectivity index (χ1v) is 11.4. The van der Waals surface area contributed by atoms with Crippen LogP contribution in [0.25, 0.3) is 33.3 Å². The maximum Gasteiger partial charge on any atom is 0.329 e. The van der Waals surface area contributed by atoms with Crippen molar-refractivity contribution in [3.8, 4) is 34.2 Å². The molecule has 5 rings (SSSR count). The number of ether oxygens (including phenoxy) is 1. The van der Waals surface area contributed by atoms with Gasteiger partial charge in [0, 0.05) is 16.5 Å². The summed E-state index contributed by atoms with van der Waals surface area (Å²) in [7, 11) is 0. The van der Waals surface area contributed by atoms with Gasteiger partial charge in [0.2, 0.25) is 0 Å². The van der Waals surface area contributed by atoms with Crippen molar-refractivity contribution < 1.29 is 23.4 Å². The van der Waals surface area contributed by atoms with Crippen molar-refractivity contribution in [1.82, 2.24) is 4.98 Å². The van der Waals surface area contributed by atoms with Gasteiger partial charge >= 0.3 is 5.97 Å². The average Bonchev–Trinajstić information content (AvgIpc) is 3.66. The topological polar surface area (TPSA) is 95.2 Å². The molecule has 180 valence electrons. The maximum atomic E-state index is 15.6. The van der Waals surface area contributed by atoms with E-state index in [0.717, 1.165) is 0 Å². The molecule has 1 aromatic heterocycles. The van der Waals surface area contributed by atoms with Crippen LogP contribution in [0.15, 0.2) is 60.7 Å². The third-order valence-electron chi connectivity index (χ3n) is 6.30. The Kier molecular flexibility index (Phi) is 5.77. The third kappa shape index (κ3) is 3.99. The van der Waals surface area contributed by atoms with Gasteiger partial charge in [0.15, 0.2) is 0 Å². The lowest BCUT2D eigenvalue weighted by molar-refractivity contribution is -0.138. The monoisotopic (exact) mass is 485 g/mol. The number of nitrogens with one attached hydrogen (secondary N) is 1. The molecule has 2 N–H and O–H groups in total. The summed E-state index contributed by atoms with van der Waals surface area (Å²) in [5, 5.41) is 22.9. The molecule has 6 nitrogen and oxygen atoms in total. The standard InChI is InChI=1S/C28H21F2N3O3/c1-2-36-24-6-4-3-5-18(24)16-7-9-19(22(30)13-16)25-21(15-31)26(33-28(11-12-28)27(34)35)20-14-17(29)8-10-23(20)32-25/h3-10,13-14H,2,11-12H2,1H3,(H,32,33)(H,34,35). The first kappa shape index (κ1) is 23.2. The number of hydrogen-bond donors (Lipinski definition) is 2. The van der Waals surface area contributed by atoms with E-state index in [1.807, 2.05) is 31.2 Å². The van der Waals surface area contributed by atoms with E-state index in [-0.39, 0.29) is 27.9 Å². The second-order valence-corrected chi connectivity index (χ2v) is 8.62. The Morgan fingerprint density at radius 2 is 1.92 bits per heavy atom. The van der Waals surface area contributed by atoms with E-state index in [1.165, 1.54) is 30.3 Å². The zero-order chi connectivity index (χ0) is 25.4. The van der Waals surface area contributed by atoms with Crippen molar-refractivity contribution in [2.45, 2.75) is 25.3 Å². The quantitative estimate of drug-likeness (QED) is 0.326. The van der Waals surface area contributed by atoms with E-state index in [0.29, 0.717) is 41.8 Å². The summed E-state index contributed by atoms with van der Waals surface area (Å²) in [6, 6.07) is 17.7. The second-order valence-electron chi connectivity index (χ2n) is 8.62. The smallest absolute Gasteiger partial charge is 0.329 e. The number of pyridine rings is 1. The molecular weight excluding hydrogens is 464 g/mol. The second kappa shape index (κ2) is 8.93. The molecule has 4 aromatic rings. The van der Waals surface area contributed by atoms with E-state index in [1.54, 1.807) is 12.1 Å². The number of rotatable bonds is 7. The molecule has 36 heavy (non-hydrogen) atoms. The molecular formula is C28H21F2N3O3. The first-order valence-electron chi connectivity index (χ1n) is 11.4. The molecule has 1 fully saturated rings. The van der Waals surface area contributed by atoms with Crippen molar-refractivity contribution in [3.05, 3.63) is 77.9 Å². The normalized spacial score (nSPS) is 13.7. The van der Waals surface area contributed by atoms with Gasteiger partial charge in [-0.25, -0.2) is 18.6 Å². The maximum absolute atomic E-state index is 15.6. The van der Waals surface area contributed by atoms with Gasteiger partial charge in [-0.15, -0.1) is 0 Å². The van der Waals surface area contributed by atoms with Crippen molar-refractivity contribution in [2.24, 2.45) is 0 Å². The van der Waals surface area contributed by atoms with Crippen molar-refractivity contribution in [1.29, 1.82) is 5.26 Å². The zero-order valence-corrected chi connectivity index (χ0v) is 19.3. The minimum atomic E-state index is -1.26. The van der Waals surface area contributed by atoms with Crippen molar-refractivity contribution >= 4 is 22.6 Å². The van der Waals surface area contributed by atoms with Gasteiger partial charge in [-0.2, -0.15) is 5.26 Å². The lowest BCUT2D eigenvalue weighted by Crippen LogP contribution is -2.32. The largest absolute Gasteiger partial charge is 0.493 e. The highest BCUT2D eigenvalue weighted by Gasteiger charge is 2.51. The van der Waals surface area contributed by atoms with Crippen molar-refractivity contribution in [3.63, 3.8) is 0 Å². The summed E-state index contributed by atoms with van der Waals surface area (Å²) < 4.78 is 35.3. The number of aliphatic carboxylic acids is 1. The summed E-state index contributed by atoms with van der Waals surface area (Å²) in [6.45, 7) is 2.32. The molecule has 0 radical (unpaired) electrons. The van der Waals surface area contributed by atoms with Crippen LogP contribution >= 0.6 is 0 Å². The molecule has 3 aromatic carbocycles. The molecule has 1 saturated carbocycles. The fourth-order valence-corrected chi connectivity index (χ4v) is 4.29. The lowest BCUT2D eigenvalue weighted by Gasteiger charge is -2.19. The Bertz CT molecular complexity index is 1560. The summed E-state index contributed by atoms with van der Waals surface area (Å²) in [5.41, 5.74) is 0.536. The van der Waals surface area contributed by atoms with Gasteiger partial charge in [-0.1, -0.05) is 24.3 Å². The number of anilines is 1. The number of carboxylic acids is 1. The van der Waals surface area contributed by atoms with Gasteiger partial charge in [-0.05, 0) is 61.7 Å². The number of benzene rings is 3. The van der Waals surface area contributed by atoms with Crippen LogP contribution in [-0.4, -0.2) is 28.2 Å². The highest BCUT2D eigenvalue weighted by atomic mass is 19.1. The Hall–Kier alpha value is -4.51. The van der Waals surface area contributed by atoms with Crippen LogP contribution in [0.3, 0.4) is 0 Å². The van der Waals surface area contributed by atoms with Crippen LogP contribution < -0.4 is 10.1 Å². The molecule has 0 saturated heterocycles. The van der Waals surface area contributed by atoms with E-state index in [9.17, 15) is 19.6 Å². The van der Waals surface area contributed by atoms with Crippen molar-refractivity contribution in [2.75, 3.05) is 11.9 Å².